The van der Waals surface area contributed by atoms with Crippen LogP contribution >= 0.6 is 22.9 Å². The molecule has 0 N–H and O–H groups in total. The minimum atomic E-state index is 0.222. The minimum absolute atomic E-state index is 0.222. The second-order valence-electron chi connectivity index (χ2n) is 5.97. The highest BCUT2D eigenvalue weighted by Crippen LogP contribution is 2.39. The molecule has 3 aromatic rings. The van der Waals surface area contributed by atoms with E-state index < -0.39 is 0 Å². The van der Waals surface area contributed by atoms with Crippen LogP contribution in [0.4, 0.5) is 5.69 Å². The molecule has 1 atom stereocenters. The third kappa shape index (κ3) is 2.97. The highest BCUT2D eigenvalue weighted by Gasteiger charge is 2.30. The van der Waals surface area contributed by atoms with E-state index in [-0.39, 0.29) is 6.04 Å². The molecule has 120 valence electrons. The smallest absolute Gasteiger partial charge is 0.0923 e. The average molecular weight is 353 g/mol. The largest absolute Gasteiger partial charge is 0.257 e. The molecule has 2 nitrogen and oxygen atoms in total. The Bertz CT molecular complexity index is 869. The summed E-state index contributed by atoms with van der Waals surface area (Å²) in [6, 6.07) is 21.0. The van der Waals surface area contributed by atoms with Crippen LogP contribution in [0.15, 0.2) is 71.1 Å². The molecule has 0 saturated carbocycles. The quantitative estimate of drug-likeness (QED) is 0.559. The van der Waals surface area contributed by atoms with E-state index in [9.17, 15) is 0 Å². The molecule has 24 heavy (non-hydrogen) atoms. The van der Waals surface area contributed by atoms with Gasteiger partial charge in [-0.25, -0.2) is 0 Å². The topological polar surface area (TPSA) is 15.6 Å². The van der Waals surface area contributed by atoms with E-state index in [1.165, 1.54) is 16.0 Å². The van der Waals surface area contributed by atoms with Crippen LogP contribution in [0, 0.1) is 6.92 Å². The molecule has 1 aliphatic rings. The van der Waals surface area contributed by atoms with Crippen LogP contribution in [-0.4, -0.2) is 5.71 Å². The van der Waals surface area contributed by atoms with Crippen LogP contribution in [0.5, 0.6) is 0 Å². The van der Waals surface area contributed by atoms with E-state index in [1.54, 1.807) is 11.3 Å². The standard InChI is InChI=1S/C20H17ClN2S/c1-14-7-9-15(10-8-14)18-13-19(20-6-3-11-24-20)23(22-18)17-5-2-4-16(21)12-17/h2-12,19H,13H2,1H3/t19-/m0/s1. The number of halogens is 1. The van der Waals surface area contributed by atoms with Crippen molar-refractivity contribution in [3.05, 3.63) is 87.1 Å². The Labute approximate surface area is 151 Å². The summed E-state index contributed by atoms with van der Waals surface area (Å²) in [4.78, 5) is 1.32. The lowest BCUT2D eigenvalue weighted by atomic mass is 10.0. The number of rotatable bonds is 3. The summed E-state index contributed by atoms with van der Waals surface area (Å²) in [5.74, 6) is 0. The average Bonchev–Trinajstić information content (AvgIpc) is 3.25. The van der Waals surface area contributed by atoms with Gasteiger partial charge < -0.3 is 0 Å². The summed E-state index contributed by atoms with van der Waals surface area (Å²) in [6.07, 6.45) is 0.899. The van der Waals surface area contributed by atoms with Crippen LogP contribution in [0.25, 0.3) is 0 Å². The Hall–Kier alpha value is -2.10. The van der Waals surface area contributed by atoms with Crippen molar-refractivity contribution in [2.45, 2.75) is 19.4 Å². The zero-order valence-corrected chi connectivity index (χ0v) is 14.9. The SMILES string of the molecule is Cc1ccc(C2=NN(c3cccc(Cl)c3)[C@H](c3cccs3)C2)cc1. The molecular weight excluding hydrogens is 336 g/mol. The maximum absolute atomic E-state index is 6.19. The Morgan fingerprint density at radius 1 is 1.08 bits per heavy atom. The lowest BCUT2D eigenvalue weighted by molar-refractivity contribution is 0.722. The van der Waals surface area contributed by atoms with E-state index >= 15 is 0 Å². The lowest BCUT2D eigenvalue weighted by Crippen LogP contribution is -2.17. The first-order chi connectivity index (χ1) is 11.7. The van der Waals surface area contributed by atoms with Crippen molar-refractivity contribution in [2.24, 2.45) is 5.10 Å². The highest BCUT2D eigenvalue weighted by molar-refractivity contribution is 7.10. The fourth-order valence-corrected chi connectivity index (χ4v) is 3.99. The molecule has 0 bridgehead atoms. The van der Waals surface area contributed by atoms with Gasteiger partial charge in [-0.3, -0.25) is 5.01 Å². The van der Waals surface area contributed by atoms with E-state index in [4.69, 9.17) is 16.7 Å². The van der Waals surface area contributed by atoms with Gasteiger partial charge in [0.2, 0.25) is 0 Å². The molecule has 2 aromatic carbocycles. The summed E-state index contributed by atoms with van der Waals surface area (Å²) >= 11 is 7.97. The van der Waals surface area contributed by atoms with Gasteiger partial charge >= 0.3 is 0 Å². The molecule has 4 heteroatoms. The van der Waals surface area contributed by atoms with Crippen molar-refractivity contribution in [3.63, 3.8) is 0 Å². The van der Waals surface area contributed by atoms with Gasteiger partial charge in [-0.1, -0.05) is 53.6 Å². The van der Waals surface area contributed by atoms with Crippen molar-refractivity contribution < 1.29 is 0 Å². The molecule has 0 amide bonds. The van der Waals surface area contributed by atoms with Crippen molar-refractivity contribution in [3.8, 4) is 0 Å². The molecular formula is C20H17ClN2S. The van der Waals surface area contributed by atoms with Crippen molar-refractivity contribution >= 4 is 34.3 Å². The molecule has 1 aromatic heterocycles. The number of hydrogen-bond donors (Lipinski definition) is 0. The van der Waals surface area contributed by atoms with Gasteiger partial charge in [0.25, 0.3) is 0 Å². The van der Waals surface area contributed by atoms with Crippen molar-refractivity contribution in [2.75, 3.05) is 5.01 Å². The molecule has 0 aliphatic carbocycles. The predicted octanol–water partition coefficient (Wildman–Crippen LogP) is 6.07. The monoisotopic (exact) mass is 352 g/mol. The van der Waals surface area contributed by atoms with Crippen LogP contribution in [-0.2, 0) is 0 Å². The summed E-state index contributed by atoms with van der Waals surface area (Å²) in [6.45, 7) is 2.10. The van der Waals surface area contributed by atoms with Gasteiger partial charge in [0.15, 0.2) is 0 Å². The Kier molecular flexibility index (Phi) is 4.13. The van der Waals surface area contributed by atoms with Gasteiger partial charge in [0.1, 0.15) is 0 Å². The number of anilines is 1. The first-order valence-electron chi connectivity index (χ1n) is 7.93. The fourth-order valence-electron chi connectivity index (χ4n) is 2.99. The number of nitrogens with zero attached hydrogens (tertiary/aromatic N) is 2. The third-order valence-electron chi connectivity index (χ3n) is 4.24. The molecule has 1 aliphatic heterocycles. The number of hydrazone groups is 1. The first-order valence-corrected chi connectivity index (χ1v) is 9.19. The molecule has 0 fully saturated rings. The van der Waals surface area contributed by atoms with Crippen LogP contribution in [0.2, 0.25) is 5.02 Å². The van der Waals surface area contributed by atoms with E-state index in [2.05, 4.69) is 59.8 Å². The van der Waals surface area contributed by atoms with Gasteiger partial charge in [-0.2, -0.15) is 5.10 Å². The highest BCUT2D eigenvalue weighted by atomic mass is 35.5. The number of thiophene rings is 1. The van der Waals surface area contributed by atoms with Crippen molar-refractivity contribution in [1.82, 2.24) is 0 Å². The zero-order valence-electron chi connectivity index (χ0n) is 13.3. The molecule has 2 heterocycles. The van der Waals surface area contributed by atoms with Gasteiger partial charge in [0, 0.05) is 16.3 Å². The second kappa shape index (κ2) is 6.42. The number of benzene rings is 2. The molecule has 0 radical (unpaired) electrons. The Morgan fingerprint density at radius 3 is 2.62 bits per heavy atom. The summed E-state index contributed by atoms with van der Waals surface area (Å²) in [7, 11) is 0. The summed E-state index contributed by atoms with van der Waals surface area (Å²) < 4.78 is 0. The lowest BCUT2D eigenvalue weighted by Gasteiger charge is -2.22. The molecule has 0 saturated heterocycles. The van der Waals surface area contributed by atoms with E-state index in [0.29, 0.717) is 0 Å². The van der Waals surface area contributed by atoms with Gasteiger partial charge in [-0.05, 0) is 42.1 Å². The third-order valence-corrected chi connectivity index (χ3v) is 5.45. The number of aryl methyl sites for hydroxylation is 1. The van der Waals surface area contributed by atoms with Crippen LogP contribution in [0.3, 0.4) is 0 Å². The maximum Gasteiger partial charge on any atom is 0.0923 e. The van der Waals surface area contributed by atoms with Crippen LogP contribution < -0.4 is 5.01 Å². The maximum atomic E-state index is 6.19. The zero-order chi connectivity index (χ0) is 16.5. The normalized spacial score (nSPS) is 17.2. The summed E-state index contributed by atoms with van der Waals surface area (Å²) in [5.41, 5.74) is 4.60. The molecule has 4 rings (SSSR count). The summed E-state index contributed by atoms with van der Waals surface area (Å²) in [5, 5.41) is 9.89. The van der Waals surface area contributed by atoms with Crippen LogP contribution in [0.1, 0.15) is 28.5 Å². The van der Waals surface area contributed by atoms with Crippen molar-refractivity contribution in [1.29, 1.82) is 0 Å². The minimum Gasteiger partial charge on any atom is -0.257 e. The predicted molar refractivity (Wildman–Crippen MR) is 103 cm³/mol. The Balaban J connectivity index is 1.75. The molecule has 0 unspecified atom stereocenters. The fraction of sp³-hybridized carbons (Fsp3) is 0.150. The number of hydrogen-bond acceptors (Lipinski definition) is 3. The molecule has 0 spiro atoms. The Morgan fingerprint density at radius 2 is 1.92 bits per heavy atom. The van der Waals surface area contributed by atoms with Gasteiger partial charge in [0.05, 0.1) is 17.4 Å². The van der Waals surface area contributed by atoms with E-state index in [0.717, 1.165) is 22.8 Å². The van der Waals surface area contributed by atoms with E-state index in [1.807, 2.05) is 18.2 Å². The second-order valence-corrected chi connectivity index (χ2v) is 7.39. The first kappa shape index (κ1) is 15.4. The van der Waals surface area contributed by atoms with Gasteiger partial charge in [-0.15, -0.1) is 11.3 Å².